The van der Waals surface area contributed by atoms with Crippen molar-refractivity contribution in [3.8, 4) is 0 Å². The van der Waals surface area contributed by atoms with Gasteiger partial charge in [-0.3, -0.25) is 14.4 Å². The third-order valence-corrected chi connectivity index (χ3v) is 1.99. The third-order valence-electron chi connectivity index (χ3n) is 1.20. The molecule has 0 aromatic carbocycles. The molecule has 0 rings (SSSR count). The quantitative estimate of drug-likeness (QED) is 0.257. The van der Waals surface area contributed by atoms with Crippen LogP contribution in [0.3, 0.4) is 0 Å². The molecule has 0 bridgehead atoms. The summed E-state index contributed by atoms with van der Waals surface area (Å²) in [4.78, 5) is 28.8. The predicted molar refractivity (Wildman–Crippen MR) is 75.6 cm³/mol. The van der Waals surface area contributed by atoms with Gasteiger partial charge >= 0.3 is 17.9 Å². The van der Waals surface area contributed by atoms with E-state index < -0.39 is 30.0 Å². The molecular formula is C8H19N3O6S2. The van der Waals surface area contributed by atoms with Crippen LogP contribution in [0, 0.1) is 0 Å². The highest BCUT2D eigenvalue weighted by atomic mass is 32.1. The van der Waals surface area contributed by atoms with Crippen LogP contribution in [0.2, 0.25) is 0 Å². The van der Waals surface area contributed by atoms with E-state index >= 15 is 0 Å². The zero-order valence-electron chi connectivity index (χ0n) is 9.97. The molecular weight excluding hydrogens is 298 g/mol. The van der Waals surface area contributed by atoms with Gasteiger partial charge in [-0.25, -0.2) is 0 Å². The Balaban J connectivity index is -0.000000206. The number of aliphatic carboxylic acids is 3. The van der Waals surface area contributed by atoms with Crippen molar-refractivity contribution in [2.75, 3.05) is 18.1 Å². The number of thiol groups is 2. The molecule has 0 aromatic rings. The smallest absolute Gasteiger partial charge is 0.321 e. The largest absolute Gasteiger partial charge is 0.480 e. The minimum atomic E-state index is -1.00. The number of carboxylic acid groups (broad SMARTS) is 3. The molecule has 0 radical (unpaired) electrons. The molecule has 0 saturated heterocycles. The lowest BCUT2D eigenvalue weighted by atomic mass is 10.4. The highest BCUT2D eigenvalue weighted by Gasteiger charge is 2.06. The van der Waals surface area contributed by atoms with Gasteiger partial charge in [0.05, 0.1) is 6.54 Å². The maximum Gasteiger partial charge on any atom is 0.321 e. The summed E-state index contributed by atoms with van der Waals surface area (Å²) in [5, 5.41) is 23.6. The highest BCUT2D eigenvalue weighted by Crippen LogP contribution is 1.80. The van der Waals surface area contributed by atoms with E-state index in [1.165, 1.54) is 0 Å². The van der Waals surface area contributed by atoms with Gasteiger partial charge in [0.1, 0.15) is 12.1 Å². The van der Waals surface area contributed by atoms with Crippen LogP contribution in [0.1, 0.15) is 0 Å². The van der Waals surface area contributed by atoms with Gasteiger partial charge in [-0.2, -0.15) is 25.3 Å². The van der Waals surface area contributed by atoms with Crippen molar-refractivity contribution in [2.45, 2.75) is 12.1 Å². The Morgan fingerprint density at radius 3 is 1.11 bits per heavy atom. The van der Waals surface area contributed by atoms with Crippen LogP contribution in [0.15, 0.2) is 0 Å². The van der Waals surface area contributed by atoms with Crippen molar-refractivity contribution < 1.29 is 29.7 Å². The first-order valence-electron chi connectivity index (χ1n) is 4.74. The van der Waals surface area contributed by atoms with Crippen LogP contribution in [0.5, 0.6) is 0 Å². The fraction of sp³-hybridized carbons (Fsp3) is 0.625. The zero-order valence-corrected chi connectivity index (χ0v) is 11.8. The van der Waals surface area contributed by atoms with Crippen molar-refractivity contribution in [1.29, 1.82) is 0 Å². The summed E-state index contributed by atoms with van der Waals surface area (Å²) in [6.07, 6.45) is 0. The fourth-order valence-electron chi connectivity index (χ4n) is 0.156. The Hall–Kier alpha value is -1.01. The van der Waals surface area contributed by atoms with Gasteiger partial charge in [0.15, 0.2) is 0 Å². The summed E-state index contributed by atoms with van der Waals surface area (Å²) in [7, 11) is 0. The van der Waals surface area contributed by atoms with E-state index in [0.29, 0.717) is 0 Å². The summed E-state index contributed by atoms with van der Waals surface area (Å²) in [6.45, 7) is -0.278. The van der Waals surface area contributed by atoms with Gasteiger partial charge in [0.2, 0.25) is 0 Å². The Morgan fingerprint density at radius 1 is 0.895 bits per heavy atom. The minimum Gasteiger partial charge on any atom is -0.480 e. The first-order chi connectivity index (χ1) is 8.63. The average molecular weight is 317 g/mol. The number of hydrogen-bond acceptors (Lipinski definition) is 8. The molecule has 9 N–H and O–H groups in total. The van der Waals surface area contributed by atoms with Gasteiger partial charge in [-0.05, 0) is 0 Å². The molecule has 0 spiro atoms. The Labute approximate surface area is 121 Å². The number of nitrogens with two attached hydrogens (primary N) is 3. The zero-order chi connectivity index (χ0) is 16.0. The van der Waals surface area contributed by atoms with Crippen molar-refractivity contribution in [2.24, 2.45) is 17.2 Å². The lowest BCUT2D eigenvalue weighted by Gasteiger charge is -1.96. The van der Waals surface area contributed by atoms with Crippen molar-refractivity contribution in [3.05, 3.63) is 0 Å². The molecule has 0 aliphatic heterocycles. The molecule has 0 amide bonds. The lowest BCUT2D eigenvalue weighted by molar-refractivity contribution is -0.138. The molecule has 0 aliphatic carbocycles. The average Bonchev–Trinajstić information content (AvgIpc) is 2.37. The highest BCUT2D eigenvalue weighted by molar-refractivity contribution is 7.80. The molecule has 0 aromatic heterocycles. The molecule has 0 aliphatic rings. The third kappa shape index (κ3) is 22.6. The van der Waals surface area contributed by atoms with Crippen LogP contribution < -0.4 is 17.2 Å². The Morgan fingerprint density at radius 2 is 1.11 bits per heavy atom. The van der Waals surface area contributed by atoms with Crippen LogP contribution in [-0.4, -0.2) is 63.4 Å². The van der Waals surface area contributed by atoms with E-state index in [-0.39, 0.29) is 18.1 Å². The van der Waals surface area contributed by atoms with Crippen molar-refractivity contribution in [1.82, 2.24) is 0 Å². The number of carboxylic acids is 3. The van der Waals surface area contributed by atoms with Gasteiger partial charge < -0.3 is 32.5 Å². The van der Waals surface area contributed by atoms with Gasteiger partial charge in [-0.15, -0.1) is 0 Å². The van der Waals surface area contributed by atoms with E-state index in [1.54, 1.807) is 0 Å². The van der Waals surface area contributed by atoms with Crippen LogP contribution in [-0.2, 0) is 14.4 Å². The Bertz CT molecular complexity index is 259. The SMILES string of the molecule is NCC(=O)O.N[C@@H](CS)C(=O)O.N[C@@H](CS)C(=O)O. The standard InChI is InChI=1S/2C3H7NO2S.C2H5NO2/c2*4-2(1-7)3(5)6;3-1-2(4)5/h2*2,7H,1,4H2,(H,5,6);1,3H2,(H,4,5)/t2*2-;/m00./s1. The maximum absolute atomic E-state index is 9.76. The summed E-state index contributed by atoms with van der Waals surface area (Å²) < 4.78 is 0. The van der Waals surface area contributed by atoms with Crippen molar-refractivity contribution in [3.63, 3.8) is 0 Å². The number of rotatable bonds is 5. The summed E-state index contributed by atoms with van der Waals surface area (Å²) in [5.74, 6) is -2.60. The van der Waals surface area contributed by atoms with Crippen LogP contribution in [0.4, 0.5) is 0 Å². The summed E-state index contributed by atoms with van der Waals surface area (Å²) in [5.41, 5.74) is 14.5. The monoisotopic (exact) mass is 317 g/mol. The van der Waals surface area contributed by atoms with Gasteiger partial charge in [0.25, 0.3) is 0 Å². The lowest BCUT2D eigenvalue weighted by Crippen LogP contribution is -2.31. The Kier molecular flexibility index (Phi) is 18.3. The summed E-state index contributed by atoms with van der Waals surface area (Å²) in [6, 6.07) is -1.63. The maximum atomic E-state index is 9.76. The van der Waals surface area contributed by atoms with E-state index in [4.69, 9.17) is 26.8 Å². The molecule has 0 heterocycles. The molecule has 114 valence electrons. The van der Waals surface area contributed by atoms with Crippen LogP contribution >= 0.6 is 25.3 Å². The van der Waals surface area contributed by atoms with E-state index in [9.17, 15) is 14.4 Å². The van der Waals surface area contributed by atoms with Crippen molar-refractivity contribution >= 4 is 43.2 Å². The predicted octanol–water partition coefficient (Wildman–Crippen LogP) is -2.31. The van der Waals surface area contributed by atoms with Crippen LogP contribution in [0.25, 0.3) is 0 Å². The fourth-order valence-corrected chi connectivity index (χ4v) is 0.469. The topological polar surface area (TPSA) is 190 Å². The first-order valence-corrected chi connectivity index (χ1v) is 6.00. The van der Waals surface area contributed by atoms with E-state index in [0.717, 1.165) is 0 Å². The second kappa shape index (κ2) is 15.0. The molecule has 0 unspecified atom stereocenters. The minimum absolute atomic E-state index is 0.190. The molecule has 0 saturated carbocycles. The van der Waals surface area contributed by atoms with Gasteiger partial charge in [0, 0.05) is 11.5 Å². The van der Waals surface area contributed by atoms with Gasteiger partial charge in [-0.1, -0.05) is 0 Å². The van der Waals surface area contributed by atoms with E-state index in [2.05, 4.69) is 31.0 Å². The number of hydrogen-bond donors (Lipinski definition) is 8. The summed E-state index contributed by atoms with van der Waals surface area (Å²) >= 11 is 7.30. The normalized spacial score (nSPS) is 11.8. The second-order valence-electron chi connectivity index (χ2n) is 2.85. The molecule has 9 nitrogen and oxygen atoms in total. The molecule has 11 heteroatoms. The van der Waals surface area contributed by atoms with E-state index in [1.807, 2.05) is 0 Å². The molecule has 2 atom stereocenters. The number of carbonyl (C=O) groups is 3. The second-order valence-corrected chi connectivity index (χ2v) is 3.58. The molecule has 19 heavy (non-hydrogen) atoms. The first kappa shape index (κ1) is 23.1. The molecule has 0 fully saturated rings.